The summed E-state index contributed by atoms with van der Waals surface area (Å²) in [5.41, 5.74) is 0. The quantitative estimate of drug-likeness (QED) is 0.651. The number of piperazine rings is 1. The first-order valence-electron chi connectivity index (χ1n) is 7.78. The summed E-state index contributed by atoms with van der Waals surface area (Å²) < 4.78 is 27.2. The lowest BCUT2D eigenvalue weighted by atomic mass is 10.3. The summed E-state index contributed by atoms with van der Waals surface area (Å²) >= 11 is 14.2. The Hall–Kier alpha value is -0.770. The highest BCUT2D eigenvalue weighted by atomic mass is 35.5. The number of amides is 1. The maximum absolute atomic E-state index is 12.6. The summed E-state index contributed by atoms with van der Waals surface area (Å²) in [6.07, 6.45) is 0. The summed E-state index contributed by atoms with van der Waals surface area (Å²) in [6.45, 7) is 1.33. The molecule has 1 fully saturated rings. The molecule has 0 aliphatic carbocycles. The average molecular weight is 451 g/mol. The Kier molecular flexibility index (Phi) is 6.53. The standard InChI is InChI=1S/C16H16Cl2N2O3S3/c17-12-2-1-3-13(10-12)24-11-15(21)19-6-8-20(9-7-19)26(22,23)16-5-4-14(18)25-16/h1-5,10H,6-9,11H2. The van der Waals surface area contributed by atoms with E-state index >= 15 is 0 Å². The fourth-order valence-corrected chi connectivity index (χ4v) is 6.71. The van der Waals surface area contributed by atoms with Crippen LogP contribution in [-0.2, 0) is 14.8 Å². The minimum Gasteiger partial charge on any atom is -0.339 e. The normalized spacial score (nSPS) is 16.0. The van der Waals surface area contributed by atoms with E-state index in [2.05, 4.69) is 0 Å². The molecule has 0 N–H and O–H groups in total. The summed E-state index contributed by atoms with van der Waals surface area (Å²) in [5, 5.41) is 0.634. The lowest BCUT2D eigenvalue weighted by Crippen LogP contribution is -2.50. The first kappa shape index (κ1) is 20.0. The highest BCUT2D eigenvalue weighted by molar-refractivity contribution is 8.00. The molecule has 0 radical (unpaired) electrons. The van der Waals surface area contributed by atoms with Gasteiger partial charge in [0.05, 0.1) is 10.1 Å². The molecule has 2 heterocycles. The summed E-state index contributed by atoms with van der Waals surface area (Å²) in [6, 6.07) is 10.4. The second-order valence-corrected chi connectivity index (χ2v) is 11.0. The van der Waals surface area contributed by atoms with Gasteiger partial charge in [-0.2, -0.15) is 4.31 Å². The van der Waals surface area contributed by atoms with Gasteiger partial charge in [0.2, 0.25) is 5.91 Å². The molecule has 0 atom stereocenters. The number of sulfonamides is 1. The molecule has 0 spiro atoms. The number of benzene rings is 1. The van der Waals surface area contributed by atoms with E-state index in [9.17, 15) is 13.2 Å². The molecule has 1 saturated heterocycles. The number of carbonyl (C=O) groups is 1. The van der Waals surface area contributed by atoms with E-state index in [1.54, 1.807) is 17.0 Å². The van der Waals surface area contributed by atoms with Crippen molar-refractivity contribution in [2.75, 3.05) is 31.9 Å². The number of hydrogen-bond acceptors (Lipinski definition) is 5. The van der Waals surface area contributed by atoms with Crippen LogP contribution < -0.4 is 0 Å². The molecule has 0 bridgehead atoms. The minimum atomic E-state index is -3.54. The van der Waals surface area contributed by atoms with Gasteiger partial charge in [0, 0.05) is 36.1 Å². The Labute approximate surface area is 170 Å². The zero-order valence-corrected chi connectivity index (χ0v) is 17.6. The molecule has 5 nitrogen and oxygen atoms in total. The van der Waals surface area contributed by atoms with Gasteiger partial charge in [-0.1, -0.05) is 29.3 Å². The molecule has 140 valence electrons. The Bertz CT molecular complexity index is 894. The molecule has 1 aromatic carbocycles. The second-order valence-electron chi connectivity index (χ2n) is 5.59. The van der Waals surface area contributed by atoms with Gasteiger partial charge in [-0.05, 0) is 30.3 Å². The van der Waals surface area contributed by atoms with Gasteiger partial charge in [-0.3, -0.25) is 4.79 Å². The molecule has 1 aromatic heterocycles. The highest BCUT2D eigenvalue weighted by Crippen LogP contribution is 2.29. The third-order valence-corrected chi connectivity index (χ3v) is 8.70. The summed E-state index contributed by atoms with van der Waals surface area (Å²) in [4.78, 5) is 15.0. The van der Waals surface area contributed by atoms with Crippen molar-refractivity contribution < 1.29 is 13.2 Å². The molecule has 0 unspecified atom stereocenters. The monoisotopic (exact) mass is 450 g/mol. The molecule has 2 aromatic rings. The number of halogens is 2. The van der Waals surface area contributed by atoms with E-state index < -0.39 is 10.0 Å². The van der Waals surface area contributed by atoms with E-state index in [1.165, 1.54) is 22.1 Å². The molecule has 1 amide bonds. The average Bonchev–Trinajstić information content (AvgIpc) is 3.07. The van der Waals surface area contributed by atoms with Gasteiger partial charge in [-0.15, -0.1) is 23.1 Å². The fraction of sp³-hybridized carbons (Fsp3) is 0.312. The van der Waals surface area contributed by atoms with Crippen molar-refractivity contribution in [1.82, 2.24) is 9.21 Å². The fourth-order valence-electron chi connectivity index (χ4n) is 2.53. The predicted molar refractivity (Wildman–Crippen MR) is 107 cm³/mol. The van der Waals surface area contributed by atoms with Crippen LogP contribution in [0.25, 0.3) is 0 Å². The zero-order valence-electron chi connectivity index (χ0n) is 13.6. The van der Waals surface area contributed by atoms with Crippen LogP contribution in [0.2, 0.25) is 9.36 Å². The van der Waals surface area contributed by atoms with Crippen molar-refractivity contribution in [2.45, 2.75) is 9.10 Å². The first-order valence-corrected chi connectivity index (χ1v) is 11.8. The number of rotatable bonds is 5. The smallest absolute Gasteiger partial charge is 0.252 e. The summed E-state index contributed by atoms with van der Waals surface area (Å²) in [5.74, 6) is 0.291. The zero-order chi connectivity index (χ0) is 18.7. The lowest BCUT2D eigenvalue weighted by molar-refractivity contribution is -0.129. The maximum atomic E-state index is 12.6. The van der Waals surface area contributed by atoms with Crippen molar-refractivity contribution in [3.8, 4) is 0 Å². The number of hydrogen-bond donors (Lipinski definition) is 0. The molecule has 0 saturated carbocycles. The summed E-state index contributed by atoms with van der Waals surface area (Å²) in [7, 11) is -3.54. The maximum Gasteiger partial charge on any atom is 0.252 e. The van der Waals surface area contributed by atoms with E-state index in [4.69, 9.17) is 23.2 Å². The Morgan fingerprint density at radius 1 is 1.12 bits per heavy atom. The van der Waals surface area contributed by atoms with Crippen LogP contribution in [0.5, 0.6) is 0 Å². The van der Waals surface area contributed by atoms with Crippen molar-refractivity contribution in [3.05, 3.63) is 45.8 Å². The lowest BCUT2D eigenvalue weighted by Gasteiger charge is -2.33. The largest absolute Gasteiger partial charge is 0.339 e. The van der Waals surface area contributed by atoms with Crippen LogP contribution in [0.15, 0.2) is 45.5 Å². The van der Waals surface area contributed by atoms with Gasteiger partial charge in [0.1, 0.15) is 4.21 Å². The number of thioether (sulfide) groups is 1. The molecule has 26 heavy (non-hydrogen) atoms. The number of carbonyl (C=O) groups excluding carboxylic acids is 1. The molecule has 1 aliphatic heterocycles. The predicted octanol–water partition coefficient (Wildman–Crippen LogP) is 3.68. The van der Waals surface area contributed by atoms with Gasteiger partial charge < -0.3 is 4.90 Å². The van der Waals surface area contributed by atoms with Crippen molar-refractivity contribution in [1.29, 1.82) is 0 Å². The van der Waals surface area contributed by atoms with Gasteiger partial charge >= 0.3 is 0 Å². The van der Waals surface area contributed by atoms with E-state index in [0.717, 1.165) is 16.2 Å². The Morgan fingerprint density at radius 2 is 1.85 bits per heavy atom. The van der Waals surface area contributed by atoms with E-state index in [0.29, 0.717) is 28.2 Å². The van der Waals surface area contributed by atoms with Crippen LogP contribution in [0, 0.1) is 0 Å². The van der Waals surface area contributed by atoms with Crippen LogP contribution in [0.1, 0.15) is 0 Å². The van der Waals surface area contributed by atoms with E-state index in [-0.39, 0.29) is 23.2 Å². The van der Waals surface area contributed by atoms with Gasteiger partial charge in [0.25, 0.3) is 10.0 Å². The molecular formula is C16H16Cl2N2O3S3. The third kappa shape index (κ3) is 4.74. The van der Waals surface area contributed by atoms with Gasteiger partial charge in [0.15, 0.2) is 0 Å². The minimum absolute atomic E-state index is 0.00816. The van der Waals surface area contributed by atoms with Gasteiger partial charge in [-0.25, -0.2) is 8.42 Å². The van der Waals surface area contributed by atoms with Crippen molar-refractivity contribution >= 4 is 62.2 Å². The third-order valence-electron chi connectivity index (χ3n) is 3.89. The molecular weight excluding hydrogens is 435 g/mol. The number of nitrogens with zero attached hydrogens (tertiary/aromatic N) is 2. The Balaban J connectivity index is 1.54. The van der Waals surface area contributed by atoms with E-state index in [1.807, 2.05) is 18.2 Å². The van der Waals surface area contributed by atoms with Crippen molar-refractivity contribution in [2.24, 2.45) is 0 Å². The molecule has 1 aliphatic rings. The topological polar surface area (TPSA) is 57.7 Å². The second kappa shape index (κ2) is 8.50. The molecule has 10 heteroatoms. The van der Waals surface area contributed by atoms with Crippen molar-refractivity contribution in [3.63, 3.8) is 0 Å². The SMILES string of the molecule is O=C(CSc1cccc(Cl)c1)N1CCN(S(=O)(=O)c2ccc(Cl)s2)CC1. The van der Waals surface area contributed by atoms with Crippen LogP contribution in [0.3, 0.4) is 0 Å². The highest BCUT2D eigenvalue weighted by Gasteiger charge is 2.31. The van der Waals surface area contributed by atoms with Crippen LogP contribution in [0.4, 0.5) is 0 Å². The molecule has 3 rings (SSSR count). The van der Waals surface area contributed by atoms with Crippen LogP contribution >= 0.6 is 46.3 Å². The van der Waals surface area contributed by atoms with Crippen LogP contribution in [-0.4, -0.2) is 55.5 Å². The number of thiophene rings is 1. The Morgan fingerprint density at radius 3 is 2.46 bits per heavy atom. The first-order chi connectivity index (χ1) is 12.4.